The first-order valence-electron chi connectivity index (χ1n) is 9.73. The number of nitrogens with one attached hydrogen (secondary N) is 2. The van der Waals surface area contributed by atoms with Gasteiger partial charge in [-0.1, -0.05) is 30.3 Å². The first-order chi connectivity index (χ1) is 13.1. The maximum Gasteiger partial charge on any atom is 0.192 e. The lowest BCUT2D eigenvalue weighted by Crippen LogP contribution is -2.48. The highest BCUT2D eigenvalue weighted by molar-refractivity contribution is 14.0. The highest BCUT2D eigenvalue weighted by Crippen LogP contribution is 2.34. The minimum Gasteiger partial charge on any atom is -0.373 e. The zero-order chi connectivity index (χ0) is 18.8. The number of rotatable bonds is 5. The number of guanidine groups is 1. The molecule has 0 saturated carbocycles. The molecule has 3 heterocycles. The van der Waals surface area contributed by atoms with Gasteiger partial charge < -0.3 is 19.9 Å². The summed E-state index contributed by atoms with van der Waals surface area (Å²) in [7, 11) is 1.97. The van der Waals surface area contributed by atoms with E-state index in [0.717, 1.165) is 30.5 Å². The third kappa shape index (κ3) is 4.65. The van der Waals surface area contributed by atoms with Crippen LogP contribution in [0.4, 0.5) is 0 Å². The number of benzene rings is 1. The summed E-state index contributed by atoms with van der Waals surface area (Å²) >= 11 is 0. The Morgan fingerprint density at radius 1 is 1.29 bits per heavy atom. The second kappa shape index (κ2) is 9.21. The summed E-state index contributed by atoms with van der Waals surface area (Å²) in [5.74, 6) is 2.54. The Labute approximate surface area is 183 Å². The maximum atomic E-state index is 5.99. The lowest BCUT2D eigenvalue weighted by atomic mass is 9.96. The van der Waals surface area contributed by atoms with Crippen molar-refractivity contribution < 1.29 is 4.74 Å². The molecule has 1 aromatic carbocycles. The maximum absolute atomic E-state index is 5.99. The van der Waals surface area contributed by atoms with Crippen LogP contribution in [0.2, 0.25) is 0 Å². The topological polar surface area (TPSA) is 76.4 Å². The van der Waals surface area contributed by atoms with Gasteiger partial charge in [0.25, 0.3) is 0 Å². The summed E-state index contributed by atoms with van der Waals surface area (Å²) < 4.78 is 7.96. The summed E-state index contributed by atoms with van der Waals surface area (Å²) in [5, 5.41) is 15.5. The molecule has 2 aromatic rings. The molecule has 2 aliphatic rings. The minimum absolute atomic E-state index is 0. The van der Waals surface area contributed by atoms with Gasteiger partial charge in [-0.25, -0.2) is 4.99 Å². The van der Waals surface area contributed by atoms with Crippen LogP contribution in [0.15, 0.2) is 35.3 Å². The van der Waals surface area contributed by atoms with E-state index < -0.39 is 0 Å². The molecule has 4 rings (SSSR count). The summed E-state index contributed by atoms with van der Waals surface area (Å²) in [6, 6.07) is 10.9. The number of nitrogens with zero attached hydrogens (tertiary/aromatic N) is 4. The summed E-state index contributed by atoms with van der Waals surface area (Å²) in [5.41, 5.74) is 1.23. The van der Waals surface area contributed by atoms with Crippen LogP contribution < -0.4 is 10.6 Å². The number of fused-ring (bicyclic) bond motifs is 2. The Balaban J connectivity index is 0.00000225. The molecule has 2 bridgehead atoms. The number of aromatic nitrogens is 3. The lowest BCUT2D eigenvalue weighted by Gasteiger charge is -2.25. The van der Waals surface area contributed by atoms with Crippen LogP contribution >= 0.6 is 24.0 Å². The minimum atomic E-state index is 0. The molecule has 0 radical (unpaired) electrons. The van der Waals surface area contributed by atoms with Crippen molar-refractivity contribution in [2.45, 2.75) is 63.9 Å². The van der Waals surface area contributed by atoms with Crippen LogP contribution in [0.1, 0.15) is 49.4 Å². The van der Waals surface area contributed by atoms with E-state index in [1.54, 1.807) is 0 Å². The Hall–Kier alpha value is -1.68. The molecule has 4 unspecified atom stereocenters. The zero-order valence-corrected chi connectivity index (χ0v) is 19.0. The van der Waals surface area contributed by atoms with Gasteiger partial charge >= 0.3 is 0 Å². The van der Waals surface area contributed by atoms with Crippen molar-refractivity contribution >= 4 is 29.9 Å². The summed E-state index contributed by atoms with van der Waals surface area (Å²) in [6.07, 6.45) is 4.06. The van der Waals surface area contributed by atoms with Crippen LogP contribution in [-0.4, -0.2) is 39.0 Å². The van der Waals surface area contributed by atoms with Crippen molar-refractivity contribution in [1.29, 1.82) is 0 Å². The van der Waals surface area contributed by atoms with Crippen molar-refractivity contribution in [3.8, 4) is 0 Å². The molecule has 152 valence electrons. The van der Waals surface area contributed by atoms with E-state index in [9.17, 15) is 0 Å². The molecule has 2 aliphatic heterocycles. The fraction of sp³-hybridized carbons (Fsp3) is 0.550. The number of aryl methyl sites for hydroxylation is 1. The molecule has 0 amide bonds. The Kier molecular flexibility index (Phi) is 6.92. The SMILES string of the molecule is Cc1nnc(CN=C(NC(C)c2ccccc2)NC2CC3CCC2O3)n1C.I. The molecule has 7 nitrogen and oxygen atoms in total. The average molecular weight is 496 g/mol. The fourth-order valence-corrected chi connectivity index (χ4v) is 3.87. The van der Waals surface area contributed by atoms with Crippen molar-refractivity contribution in [2.24, 2.45) is 12.0 Å². The van der Waals surface area contributed by atoms with E-state index in [2.05, 4.69) is 52.0 Å². The van der Waals surface area contributed by atoms with Crippen LogP contribution in [-0.2, 0) is 18.3 Å². The second-order valence-corrected chi connectivity index (χ2v) is 7.52. The molecule has 2 fully saturated rings. The second-order valence-electron chi connectivity index (χ2n) is 7.52. The molecular formula is C20H29IN6O. The molecule has 0 aliphatic carbocycles. The van der Waals surface area contributed by atoms with Gasteiger partial charge in [0.15, 0.2) is 11.8 Å². The smallest absolute Gasteiger partial charge is 0.192 e. The van der Waals surface area contributed by atoms with Gasteiger partial charge in [-0.05, 0) is 38.7 Å². The Morgan fingerprint density at radius 3 is 2.68 bits per heavy atom. The van der Waals surface area contributed by atoms with Crippen molar-refractivity contribution in [3.05, 3.63) is 47.5 Å². The summed E-state index contributed by atoms with van der Waals surface area (Å²) in [4.78, 5) is 4.80. The third-order valence-electron chi connectivity index (χ3n) is 5.64. The van der Waals surface area contributed by atoms with E-state index >= 15 is 0 Å². The standard InChI is InChI=1S/C20H28N6O.HI/c1-13(15-7-5-4-6-8-15)22-20(21-12-19-25-24-14(2)26(19)3)23-17-11-16-9-10-18(17)27-16;/h4-8,13,16-18H,9-12H2,1-3H3,(H2,21,22,23);1H. The number of hydrogen-bond acceptors (Lipinski definition) is 4. The van der Waals surface area contributed by atoms with Crippen LogP contribution in [0.25, 0.3) is 0 Å². The molecule has 8 heteroatoms. The number of aliphatic imine (C=N–C) groups is 1. The zero-order valence-electron chi connectivity index (χ0n) is 16.6. The molecule has 0 spiro atoms. The molecule has 2 saturated heterocycles. The number of halogens is 1. The number of hydrogen-bond donors (Lipinski definition) is 2. The normalized spacial score (nSPS) is 24.7. The number of ether oxygens (including phenoxy) is 1. The van der Waals surface area contributed by atoms with Gasteiger partial charge in [-0.15, -0.1) is 34.2 Å². The molecule has 28 heavy (non-hydrogen) atoms. The van der Waals surface area contributed by atoms with E-state index in [1.165, 1.54) is 12.0 Å². The first-order valence-corrected chi connectivity index (χ1v) is 9.73. The van der Waals surface area contributed by atoms with Gasteiger partial charge in [0.1, 0.15) is 12.4 Å². The Morgan fingerprint density at radius 2 is 2.07 bits per heavy atom. The van der Waals surface area contributed by atoms with Gasteiger partial charge in [0.2, 0.25) is 0 Å². The van der Waals surface area contributed by atoms with E-state index in [1.807, 2.05) is 24.6 Å². The monoisotopic (exact) mass is 496 g/mol. The quantitative estimate of drug-likeness (QED) is 0.379. The van der Waals surface area contributed by atoms with Gasteiger partial charge in [-0.3, -0.25) is 0 Å². The van der Waals surface area contributed by atoms with Crippen LogP contribution in [0.5, 0.6) is 0 Å². The fourth-order valence-electron chi connectivity index (χ4n) is 3.87. The molecule has 4 atom stereocenters. The largest absolute Gasteiger partial charge is 0.373 e. The van der Waals surface area contributed by atoms with Crippen LogP contribution in [0, 0.1) is 6.92 Å². The molecular weight excluding hydrogens is 467 g/mol. The van der Waals surface area contributed by atoms with Gasteiger partial charge in [0, 0.05) is 7.05 Å². The predicted molar refractivity (Wildman–Crippen MR) is 120 cm³/mol. The van der Waals surface area contributed by atoms with E-state index in [4.69, 9.17) is 9.73 Å². The van der Waals surface area contributed by atoms with Gasteiger partial charge in [-0.2, -0.15) is 0 Å². The van der Waals surface area contributed by atoms with Crippen molar-refractivity contribution in [1.82, 2.24) is 25.4 Å². The van der Waals surface area contributed by atoms with Crippen molar-refractivity contribution in [2.75, 3.05) is 0 Å². The molecule has 2 N–H and O–H groups in total. The summed E-state index contributed by atoms with van der Waals surface area (Å²) in [6.45, 7) is 4.58. The van der Waals surface area contributed by atoms with Gasteiger partial charge in [0.05, 0.1) is 24.3 Å². The Bertz CT molecular complexity index is 808. The third-order valence-corrected chi connectivity index (χ3v) is 5.64. The highest BCUT2D eigenvalue weighted by atomic mass is 127. The highest BCUT2D eigenvalue weighted by Gasteiger charge is 2.41. The van der Waals surface area contributed by atoms with Crippen LogP contribution in [0.3, 0.4) is 0 Å². The van der Waals surface area contributed by atoms with Crippen molar-refractivity contribution in [3.63, 3.8) is 0 Å². The lowest BCUT2D eigenvalue weighted by molar-refractivity contribution is 0.0992. The average Bonchev–Trinajstić information content (AvgIpc) is 3.38. The molecule has 1 aromatic heterocycles. The van der Waals surface area contributed by atoms with E-state index in [-0.39, 0.29) is 30.0 Å². The first kappa shape index (κ1) is 21.0. The van der Waals surface area contributed by atoms with E-state index in [0.29, 0.717) is 24.8 Å². The predicted octanol–water partition coefficient (Wildman–Crippen LogP) is 2.86.